The van der Waals surface area contributed by atoms with E-state index < -0.39 is 52.5 Å². The van der Waals surface area contributed by atoms with Gasteiger partial charge in [-0.15, -0.1) is 0 Å². The number of carbonyl (C=O) groups is 2. The number of anilines is 1. The van der Waals surface area contributed by atoms with E-state index in [2.05, 4.69) is 14.5 Å². The van der Waals surface area contributed by atoms with Crippen LogP contribution in [0.25, 0.3) is 0 Å². The number of pyridine rings is 1. The van der Waals surface area contributed by atoms with Crippen LogP contribution in [0.5, 0.6) is 0 Å². The largest absolute Gasteiger partial charge is 0.462 e. The third kappa shape index (κ3) is 4.31. The van der Waals surface area contributed by atoms with Crippen LogP contribution in [0.1, 0.15) is 46.0 Å². The molecule has 2 N–H and O–H groups in total. The Morgan fingerprint density at radius 1 is 0.880 bits per heavy atom. The maximum atomic E-state index is 13.1. The Morgan fingerprint density at radius 3 is 1.44 bits per heavy atom. The van der Waals surface area contributed by atoms with Crippen LogP contribution in [0, 0.1) is 0 Å². The summed E-state index contributed by atoms with van der Waals surface area (Å²) in [4.78, 5) is 26.0. The Balaban J connectivity index is 3.92. The van der Waals surface area contributed by atoms with Crippen molar-refractivity contribution in [1.82, 2.24) is 4.98 Å². The van der Waals surface area contributed by atoms with Crippen molar-refractivity contribution >= 4 is 17.6 Å². The summed E-state index contributed by atoms with van der Waals surface area (Å²) in [6.45, 7) is 1.74. The molecule has 0 aromatic carbocycles. The fourth-order valence-electron chi connectivity index (χ4n) is 1.83. The summed E-state index contributed by atoms with van der Waals surface area (Å²) < 4.78 is 87.2. The van der Waals surface area contributed by atoms with Crippen molar-refractivity contribution in [1.29, 1.82) is 0 Å². The van der Waals surface area contributed by atoms with Crippen molar-refractivity contribution in [3.05, 3.63) is 22.5 Å². The summed E-state index contributed by atoms with van der Waals surface area (Å²) in [5, 5.41) is 0. The number of alkyl halides is 6. The molecule has 0 aliphatic heterocycles. The molecule has 0 saturated carbocycles. The third-order valence-electron chi connectivity index (χ3n) is 2.73. The van der Waals surface area contributed by atoms with Gasteiger partial charge in [0.15, 0.2) is 11.4 Å². The average Bonchev–Trinajstić information content (AvgIpc) is 2.44. The van der Waals surface area contributed by atoms with Crippen molar-refractivity contribution in [2.24, 2.45) is 0 Å². The molecule has 1 aromatic rings. The van der Waals surface area contributed by atoms with Gasteiger partial charge in [0.25, 0.3) is 0 Å². The van der Waals surface area contributed by atoms with Crippen LogP contribution in [0.15, 0.2) is 0 Å². The van der Waals surface area contributed by atoms with Gasteiger partial charge in [0, 0.05) is 0 Å². The Bertz CT molecular complexity index is 630. The molecular formula is C13H12F6N2O4. The summed E-state index contributed by atoms with van der Waals surface area (Å²) >= 11 is 0. The Hall–Kier alpha value is -2.53. The molecule has 0 radical (unpaired) electrons. The highest BCUT2D eigenvalue weighted by Gasteiger charge is 2.47. The first-order chi connectivity index (χ1) is 11.4. The van der Waals surface area contributed by atoms with Crippen molar-refractivity contribution in [2.75, 3.05) is 18.9 Å². The van der Waals surface area contributed by atoms with E-state index in [9.17, 15) is 35.9 Å². The average molecular weight is 374 g/mol. The molecule has 0 atom stereocenters. The third-order valence-corrected chi connectivity index (χ3v) is 2.73. The topological polar surface area (TPSA) is 91.5 Å². The van der Waals surface area contributed by atoms with Crippen LogP contribution in [-0.2, 0) is 21.8 Å². The highest BCUT2D eigenvalue weighted by atomic mass is 19.4. The predicted octanol–water partition coefficient (Wildman–Crippen LogP) is 3.05. The number of nitrogen functional groups attached to an aromatic ring is 1. The maximum absolute atomic E-state index is 13.1. The zero-order chi connectivity index (χ0) is 19.6. The highest BCUT2D eigenvalue weighted by Crippen LogP contribution is 2.40. The van der Waals surface area contributed by atoms with Crippen LogP contribution >= 0.6 is 0 Å². The number of nitrogens with zero attached hydrogens (tertiary/aromatic N) is 1. The number of halogens is 6. The minimum Gasteiger partial charge on any atom is -0.462 e. The standard InChI is InChI=1S/C13H12F6N2O4/c1-3-24-10(22)5-7(20)6(11(23)25-4-2)9(13(17,18)19)21-8(5)12(14,15)16/h3-4H2,1-2H3,(H2,20,21). The van der Waals surface area contributed by atoms with E-state index in [-0.39, 0.29) is 13.2 Å². The Morgan fingerprint density at radius 2 is 1.20 bits per heavy atom. The number of hydrogen-bond acceptors (Lipinski definition) is 6. The smallest absolute Gasteiger partial charge is 0.434 e. The fourth-order valence-corrected chi connectivity index (χ4v) is 1.83. The molecule has 0 spiro atoms. The number of nitrogens with two attached hydrogens (primary N) is 1. The quantitative estimate of drug-likeness (QED) is 0.643. The number of esters is 2. The van der Waals surface area contributed by atoms with Gasteiger partial charge < -0.3 is 15.2 Å². The lowest BCUT2D eigenvalue weighted by molar-refractivity contribution is -0.150. The van der Waals surface area contributed by atoms with Gasteiger partial charge in [-0.3, -0.25) is 0 Å². The second kappa shape index (κ2) is 7.15. The predicted molar refractivity (Wildman–Crippen MR) is 70.6 cm³/mol. The first kappa shape index (κ1) is 20.5. The summed E-state index contributed by atoms with van der Waals surface area (Å²) in [5.41, 5.74) is -3.44. The van der Waals surface area contributed by atoms with Gasteiger partial charge in [-0.1, -0.05) is 0 Å². The lowest BCUT2D eigenvalue weighted by atomic mass is 10.0. The molecule has 25 heavy (non-hydrogen) atoms. The zero-order valence-corrected chi connectivity index (χ0v) is 12.8. The minimum atomic E-state index is -5.45. The lowest BCUT2D eigenvalue weighted by Crippen LogP contribution is -2.27. The molecule has 12 heteroatoms. The molecule has 1 aromatic heterocycles. The normalized spacial score (nSPS) is 12.0. The number of ether oxygens (including phenoxy) is 2. The Labute approximate surface area is 136 Å². The second-order valence-corrected chi connectivity index (χ2v) is 4.41. The van der Waals surface area contributed by atoms with Crippen molar-refractivity contribution in [2.45, 2.75) is 26.2 Å². The zero-order valence-electron chi connectivity index (χ0n) is 12.8. The molecular weight excluding hydrogens is 362 g/mol. The SMILES string of the molecule is CCOC(=O)c1c(C(F)(F)F)nc(C(F)(F)F)c(C(=O)OCC)c1N. The molecule has 0 fully saturated rings. The van der Waals surface area contributed by atoms with Crippen molar-refractivity contribution in [3.8, 4) is 0 Å². The molecule has 6 nitrogen and oxygen atoms in total. The number of aromatic nitrogens is 1. The number of hydrogen-bond donors (Lipinski definition) is 1. The van der Waals surface area contributed by atoms with Crippen LogP contribution < -0.4 is 5.73 Å². The molecule has 0 saturated heterocycles. The van der Waals surface area contributed by atoms with E-state index in [0.29, 0.717) is 0 Å². The first-order valence-electron chi connectivity index (χ1n) is 6.68. The lowest BCUT2D eigenvalue weighted by Gasteiger charge is -2.19. The van der Waals surface area contributed by atoms with Gasteiger partial charge in [0.05, 0.1) is 18.9 Å². The molecule has 1 heterocycles. The Kier molecular flexibility index (Phi) is 5.87. The van der Waals surface area contributed by atoms with Crippen LogP contribution in [-0.4, -0.2) is 30.1 Å². The van der Waals surface area contributed by atoms with Crippen LogP contribution in [0.4, 0.5) is 32.0 Å². The summed E-state index contributed by atoms with van der Waals surface area (Å²) in [5.74, 6) is -3.34. The van der Waals surface area contributed by atoms with Crippen LogP contribution in [0.3, 0.4) is 0 Å². The maximum Gasteiger partial charge on any atom is 0.434 e. The monoisotopic (exact) mass is 374 g/mol. The molecule has 0 aliphatic rings. The molecule has 0 bridgehead atoms. The molecule has 140 valence electrons. The van der Waals surface area contributed by atoms with Gasteiger partial charge in [-0.2, -0.15) is 26.3 Å². The fraction of sp³-hybridized carbons (Fsp3) is 0.462. The molecule has 0 aliphatic carbocycles. The minimum absolute atomic E-state index is 0.384. The van der Waals surface area contributed by atoms with E-state index in [1.807, 2.05) is 0 Å². The highest BCUT2D eigenvalue weighted by molar-refractivity contribution is 6.05. The second-order valence-electron chi connectivity index (χ2n) is 4.41. The van der Waals surface area contributed by atoms with Crippen molar-refractivity contribution < 1.29 is 45.4 Å². The van der Waals surface area contributed by atoms with Gasteiger partial charge in [-0.05, 0) is 13.8 Å². The van der Waals surface area contributed by atoms with Crippen LogP contribution in [0.2, 0.25) is 0 Å². The van der Waals surface area contributed by atoms with E-state index in [4.69, 9.17) is 5.73 Å². The van der Waals surface area contributed by atoms with Gasteiger partial charge in [0.1, 0.15) is 11.1 Å². The van der Waals surface area contributed by atoms with E-state index in [1.54, 1.807) is 0 Å². The summed E-state index contributed by atoms with van der Waals surface area (Å²) in [6.07, 6.45) is -10.9. The van der Waals surface area contributed by atoms with Crippen molar-refractivity contribution in [3.63, 3.8) is 0 Å². The van der Waals surface area contributed by atoms with E-state index >= 15 is 0 Å². The number of carbonyl (C=O) groups excluding carboxylic acids is 2. The van der Waals surface area contributed by atoms with E-state index in [1.165, 1.54) is 13.8 Å². The molecule has 1 rings (SSSR count). The number of rotatable bonds is 4. The first-order valence-corrected chi connectivity index (χ1v) is 6.68. The summed E-state index contributed by atoms with van der Waals surface area (Å²) in [7, 11) is 0. The van der Waals surface area contributed by atoms with E-state index in [0.717, 1.165) is 0 Å². The van der Waals surface area contributed by atoms with Gasteiger partial charge >= 0.3 is 24.3 Å². The molecule has 0 amide bonds. The molecule has 0 unspecified atom stereocenters. The summed E-state index contributed by atoms with van der Waals surface area (Å²) in [6, 6.07) is 0. The van der Waals surface area contributed by atoms with Gasteiger partial charge in [-0.25, -0.2) is 14.6 Å². The van der Waals surface area contributed by atoms with Gasteiger partial charge in [0.2, 0.25) is 0 Å².